The number of methoxy groups -OCH3 is 1. The summed E-state index contributed by atoms with van der Waals surface area (Å²) in [5.41, 5.74) is 3.27. The number of alkyl carbamates (subject to hydrolysis) is 1. The fraction of sp³-hybridized carbons (Fsp3) is 0.552. The third-order valence-corrected chi connectivity index (χ3v) is 7.67. The number of rotatable bonds is 6. The molecule has 1 atom stereocenters. The van der Waals surface area contributed by atoms with Crippen molar-refractivity contribution in [1.29, 1.82) is 0 Å². The third kappa shape index (κ3) is 6.39. The van der Waals surface area contributed by atoms with Gasteiger partial charge in [-0.05, 0) is 63.1 Å². The fourth-order valence-electron chi connectivity index (χ4n) is 4.58. The molecule has 1 aliphatic carbocycles. The average Bonchev–Trinajstić information content (AvgIpc) is 3.37. The van der Waals surface area contributed by atoms with Gasteiger partial charge in [0, 0.05) is 6.54 Å². The molecule has 39 heavy (non-hydrogen) atoms. The van der Waals surface area contributed by atoms with Crippen LogP contribution in [0.1, 0.15) is 72.7 Å². The molecule has 0 spiro atoms. The molecular weight excluding hydrogens is 495 g/mol. The van der Waals surface area contributed by atoms with Gasteiger partial charge in [0.1, 0.15) is 18.4 Å². The summed E-state index contributed by atoms with van der Waals surface area (Å²) in [7, 11) is 0.862. The van der Waals surface area contributed by atoms with Gasteiger partial charge in [0.05, 0.1) is 30.2 Å². The highest BCUT2D eigenvalue weighted by molar-refractivity contribution is 6.62. The summed E-state index contributed by atoms with van der Waals surface area (Å²) in [6.07, 6.45) is 6.85. The van der Waals surface area contributed by atoms with Gasteiger partial charge in [0.2, 0.25) is 5.91 Å². The first-order valence-electron chi connectivity index (χ1n) is 13.8. The van der Waals surface area contributed by atoms with Crippen molar-refractivity contribution >= 4 is 24.6 Å². The molecule has 1 saturated heterocycles. The second-order valence-corrected chi connectivity index (χ2v) is 11.4. The maximum Gasteiger partial charge on any atom is 0.494 e. The molecule has 3 heterocycles. The maximum atomic E-state index is 12.9. The van der Waals surface area contributed by atoms with Gasteiger partial charge in [-0.3, -0.25) is 4.79 Å². The number of hydrogen-bond donors (Lipinski definition) is 2. The van der Waals surface area contributed by atoms with Crippen LogP contribution >= 0.6 is 0 Å². The van der Waals surface area contributed by atoms with E-state index in [1.165, 1.54) is 19.1 Å². The number of carbonyl (C=O) groups excluding carboxylic acids is 2. The molecule has 2 amide bonds. The number of benzene rings is 1. The number of carbonyl (C=O) groups is 2. The number of H-pyrrole nitrogens is 1. The Kier molecular flexibility index (Phi) is 8.56. The molecule has 0 radical (unpaired) electrons. The Labute approximate surface area is 231 Å². The van der Waals surface area contributed by atoms with Crippen molar-refractivity contribution in [2.24, 2.45) is 5.92 Å². The van der Waals surface area contributed by atoms with E-state index in [0.717, 1.165) is 29.6 Å². The molecule has 1 aromatic carbocycles. The molecule has 2 N–H and O–H groups in total. The van der Waals surface area contributed by atoms with E-state index in [0.29, 0.717) is 18.3 Å². The number of amides is 2. The largest absolute Gasteiger partial charge is 0.494 e. The summed E-state index contributed by atoms with van der Waals surface area (Å²) in [5.74, 6) is 1.06. The topological polar surface area (TPSA) is 106 Å². The highest BCUT2D eigenvalue weighted by Gasteiger charge is 2.51. The van der Waals surface area contributed by atoms with Crippen LogP contribution in [0, 0.1) is 5.92 Å². The molecule has 2 aromatic rings. The van der Waals surface area contributed by atoms with Crippen molar-refractivity contribution in [2.75, 3.05) is 20.2 Å². The lowest BCUT2D eigenvalue weighted by atomic mass is 9.79. The van der Waals surface area contributed by atoms with Crippen molar-refractivity contribution in [3.8, 4) is 11.3 Å². The predicted molar refractivity (Wildman–Crippen MR) is 151 cm³/mol. The quantitative estimate of drug-likeness (QED) is 0.420. The monoisotopic (exact) mass is 536 g/mol. The number of ether oxygens (including phenoxy) is 1. The van der Waals surface area contributed by atoms with Gasteiger partial charge in [0.15, 0.2) is 0 Å². The molecule has 1 saturated carbocycles. The van der Waals surface area contributed by atoms with E-state index in [1.54, 1.807) is 11.1 Å². The highest BCUT2D eigenvalue weighted by Crippen LogP contribution is 2.43. The van der Waals surface area contributed by atoms with Crippen molar-refractivity contribution in [3.05, 3.63) is 47.9 Å². The minimum absolute atomic E-state index is 0.122. The normalized spacial score (nSPS) is 21.2. The second-order valence-electron chi connectivity index (χ2n) is 11.4. The minimum Gasteiger partial charge on any atom is -0.453 e. The van der Waals surface area contributed by atoms with Crippen LogP contribution < -0.4 is 10.8 Å². The smallest absolute Gasteiger partial charge is 0.453 e. The standard InChI is InChI=1S/C26H33BN4O5.C3H8/c1-25(2)26(3,4)36-27(35-25)19-10-8-17(9-11-19)20-13-28-23(30-20)21-12-18(16-6-7-16)15-31(21)22(32)14-29-24(33)34-5;1-3-2/h8-13,16,21H,6-7,14-15H2,1-5H3,(H,28,30)(H,29,33);3H2,1-2H3. The molecule has 0 bridgehead atoms. The number of imidazole rings is 1. The number of aromatic amines is 1. The Morgan fingerprint density at radius 3 is 2.31 bits per heavy atom. The molecule has 1 aromatic heterocycles. The lowest BCUT2D eigenvalue weighted by molar-refractivity contribution is -0.130. The van der Waals surface area contributed by atoms with Crippen LogP contribution in [0.3, 0.4) is 0 Å². The van der Waals surface area contributed by atoms with Crippen LogP contribution in [-0.2, 0) is 18.8 Å². The number of aromatic nitrogens is 2. The molecule has 210 valence electrons. The summed E-state index contributed by atoms with van der Waals surface area (Å²) >= 11 is 0. The van der Waals surface area contributed by atoms with E-state index in [9.17, 15) is 9.59 Å². The van der Waals surface area contributed by atoms with E-state index in [2.05, 4.69) is 39.9 Å². The first kappa shape index (κ1) is 28.9. The number of nitrogens with zero attached hydrogens (tertiary/aromatic N) is 2. The first-order valence-corrected chi connectivity index (χ1v) is 13.8. The van der Waals surface area contributed by atoms with Crippen LogP contribution in [0.5, 0.6) is 0 Å². The van der Waals surface area contributed by atoms with E-state index in [4.69, 9.17) is 9.31 Å². The van der Waals surface area contributed by atoms with Crippen LogP contribution in [0.15, 0.2) is 42.1 Å². The van der Waals surface area contributed by atoms with Crippen molar-refractivity contribution in [2.45, 2.75) is 78.0 Å². The van der Waals surface area contributed by atoms with Crippen LogP contribution in [-0.4, -0.2) is 65.4 Å². The fourth-order valence-corrected chi connectivity index (χ4v) is 4.58. The van der Waals surface area contributed by atoms with E-state index in [1.807, 2.05) is 52.0 Å². The van der Waals surface area contributed by atoms with Gasteiger partial charge in [-0.2, -0.15) is 0 Å². The molecule has 2 aliphatic heterocycles. The predicted octanol–water partition coefficient (Wildman–Crippen LogP) is 4.37. The SMILES string of the molecule is CCC.COC(=O)NCC(=O)N1CC(C2CC2)=CC1c1ncc(-c2ccc(B3OC(C)(C)C(C)(C)O3)cc2)[nH]1. The summed E-state index contributed by atoms with van der Waals surface area (Å²) in [4.78, 5) is 34.1. The van der Waals surface area contributed by atoms with Gasteiger partial charge >= 0.3 is 13.2 Å². The van der Waals surface area contributed by atoms with Crippen LogP contribution in [0.4, 0.5) is 4.79 Å². The summed E-state index contributed by atoms with van der Waals surface area (Å²) in [6.45, 7) is 12.8. The Hall–Kier alpha value is -3.11. The zero-order valence-corrected chi connectivity index (χ0v) is 24.2. The Balaban J connectivity index is 0.00000112. The van der Waals surface area contributed by atoms with E-state index in [-0.39, 0.29) is 18.5 Å². The van der Waals surface area contributed by atoms with Crippen molar-refractivity contribution in [1.82, 2.24) is 20.2 Å². The maximum absolute atomic E-state index is 12.9. The Bertz CT molecular complexity index is 1190. The average molecular weight is 536 g/mol. The summed E-state index contributed by atoms with van der Waals surface area (Å²) in [5, 5.41) is 2.48. The van der Waals surface area contributed by atoms with Gasteiger partial charge < -0.3 is 29.2 Å². The summed E-state index contributed by atoms with van der Waals surface area (Å²) < 4.78 is 16.9. The molecule has 10 heteroatoms. The lowest BCUT2D eigenvalue weighted by Crippen LogP contribution is -2.41. The lowest BCUT2D eigenvalue weighted by Gasteiger charge is -2.32. The first-order chi connectivity index (χ1) is 18.5. The minimum atomic E-state index is -0.626. The molecule has 5 rings (SSSR count). The van der Waals surface area contributed by atoms with Gasteiger partial charge in [-0.25, -0.2) is 9.78 Å². The highest BCUT2D eigenvalue weighted by atomic mass is 16.7. The number of hydrogen-bond acceptors (Lipinski definition) is 6. The molecular formula is C29H41BN4O5. The van der Waals surface area contributed by atoms with Crippen molar-refractivity contribution < 1.29 is 23.6 Å². The molecule has 2 fully saturated rings. The van der Waals surface area contributed by atoms with Crippen LogP contribution in [0.25, 0.3) is 11.3 Å². The number of nitrogens with one attached hydrogen (secondary N) is 2. The van der Waals surface area contributed by atoms with Gasteiger partial charge in [-0.15, -0.1) is 0 Å². The molecule has 9 nitrogen and oxygen atoms in total. The zero-order valence-electron chi connectivity index (χ0n) is 24.2. The third-order valence-electron chi connectivity index (χ3n) is 7.67. The van der Waals surface area contributed by atoms with E-state index < -0.39 is 24.4 Å². The van der Waals surface area contributed by atoms with Crippen LogP contribution in [0.2, 0.25) is 0 Å². The Morgan fingerprint density at radius 1 is 1.13 bits per heavy atom. The van der Waals surface area contributed by atoms with Gasteiger partial charge in [0.25, 0.3) is 0 Å². The molecule has 1 unspecified atom stereocenters. The second kappa shape index (κ2) is 11.6. The zero-order chi connectivity index (χ0) is 28.4. The Morgan fingerprint density at radius 2 is 1.74 bits per heavy atom. The van der Waals surface area contributed by atoms with Gasteiger partial charge in [-0.1, -0.05) is 50.6 Å². The van der Waals surface area contributed by atoms with Crippen molar-refractivity contribution in [3.63, 3.8) is 0 Å². The molecule has 3 aliphatic rings. The summed E-state index contributed by atoms with van der Waals surface area (Å²) in [6, 6.07) is 7.74. The van der Waals surface area contributed by atoms with E-state index >= 15 is 0 Å².